The predicted molar refractivity (Wildman–Crippen MR) is 110 cm³/mol. The number of benzene rings is 1. The quantitative estimate of drug-likeness (QED) is 0.683. The van der Waals surface area contributed by atoms with Crippen LogP contribution in [-0.4, -0.2) is 51.4 Å². The third kappa shape index (κ3) is 5.42. The van der Waals surface area contributed by atoms with Crippen LogP contribution >= 0.6 is 0 Å². The molecule has 1 aromatic carbocycles. The fourth-order valence-corrected chi connectivity index (χ4v) is 3.06. The summed E-state index contributed by atoms with van der Waals surface area (Å²) in [6.45, 7) is 10.8. The van der Waals surface area contributed by atoms with Gasteiger partial charge in [-0.05, 0) is 25.3 Å². The van der Waals surface area contributed by atoms with Gasteiger partial charge in [0.05, 0.1) is 16.9 Å². The molecular formula is C21H27F3N4. The van der Waals surface area contributed by atoms with Gasteiger partial charge < -0.3 is 20.4 Å². The highest BCUT2D eigenvalue weighted by Crippen LogP contribution is 2.36. The second-order valence-electron chi connectivity index (χ2n) is 6.57. The molecule has 2 N–H and O–H groups in total. The molecule has 1 saturated heterocycles. The normalized spacial score (nSPS) is 16.7. The van der Waals surface area contributed by atoms with E-state index in [0.29, 0.717) is 0 Å². The SMILES string of the molecule is C=C/C=C(\C(=C/NC)C(=C)Nc1ccccc1N1CCN(C)CC1)C(F)(F)F. The van der Waals surface area contributed by atoms with E-state index in [1.54, 1.807) is 7.05 Å². The van der Waals surface area contributed by atoms with Crippen LogP contribution in [0.5, 0.6) is 0 Å². The summed E-state index contributed by atoms with van der Waals surface area (Å²) < 4.78 is 40.6. The summed E-state index contributed by atoms with van der Waals surface area (Å²) in [6.07, 6.45) is -1.17. The number of likely N-dealkylation sites (N-methyl/N-ethyl adjacent to an activating group) is 1. The molecule has 1 heterocycles. The Morgan fingerprint density at radius 3 is 2.36 bits per heavy atom. The molecule has 1 fully saturated rings. The molecule has 0 aromatic heterocycles. The lowest BCUT2D eigenvalue weighted by Crippen LogP contribution is -2.44. The molecular weight excluding hydrogens is 365 g/mol. The zero-order valence-corrected chi connectivity index (χ0v) is 16.3. The maximum atomic E-state index is 13.5. The van der Waals surface area contributed by atoms with Crippen LogP contribution in [0.3, 0.4) is 0 Å². The van der Waals surface area contributed by atoms with Gasteiger partial charge in [0.1, 0.15) is 0 Å². The molecule has 1 aromatic rings. The standard InChI is InChI=1S/C21H27F3N4/c1-5-8-18(21(22,23)24)17(15-25-3)16(2)26-19-9-6-7-10-20(19)28-13-11-27(4)12-14-28/h5-10,15,25-26H,1-2,11-14H2,3-4H3/b17-15-,18-8+. The molecule has 0 radical (unpaired) electrons. The maximum absolute atomic E-state index is 13.5. The number of hydrogen-bond donors (Lipinski definition) is 2. The van der Waals surface area contributed by atoms with Gasteiger partial charge in [-0.25, -0.2) is 0 Å². The van der Waals surface area contributed by atoms with Gasteiger partial charge in [-0.2, -0.15) is 13.2 Å². The summed E-state index contributed by atoms with van der Waals surface area (Å²) in [5, 5.41) is 5.76. The lowest BCUT2D eigenvalue weighted by Gasteiger charge is -2.35. The van der Waals surface area contributed by atoms with Gasteiger partial charge in [-0.1, -0.05) is 31.4 Å². The fourth-order valence-electron chi connectivity index (χ4n) is 3.06. The van der Waals surface area contributed by atoms with Crippen molar-refractivity contribution in [3.63, 3.8) is 0 Å². The fraction of sp³-hybridized carbons (Fsp3) is 0.333. The highest BCUT2D eigenvalue weighted by molar-refractivity contribution is 5.73. The van der Waals surface area contributed by atoms with E-state index in [1.807, 2.05) is 24.3 Å². The summed E-state index contributed by atoms with van der Waals surface area (Å²) in [4.78, 5) is 4.47. The minimum absolute atomic E-state index is 0.0666. The van der Waals surface area contributed by atoms with Crippen LogP contribution in [0.4, 0.5) is 24.5 Å². The van der Waals surface area contributed by atoms with Gasteiger partial charge in [0.2, 0.25) is 0 Å². The summed E-state index contributed by atoms with van der Waals surface area (Å²) in [5.41, 5.74) is 0.942. The third-order valence-corrected chi connectivity index (χ3v) is 4.53. The van der Waals surface area contributed by atoms with Crippen molar-refractivity contribution in [1.82, 2.24) is 10.2 Å². The van der Waals surface area contributed by atoms with E-state index in [4.69, 9.17) is 0 Å². The van der Waals surface area contributed by atoms with Crippen LogP contribution in [0.15, 0.2) is 72.6 Å². The summed E-state index contributed by atoms with van der Waals surface area (Å²) in [6, 6.07) is 7.58. The topological polar surface area (TPSA) is 30.5 Å². The Hall–Kier alpha value is -2.67. The molecule has 0 aliphatic carbocycles. The molecule has 0 bridgehead atoms. The van der Waals surface area contributed by atoms with Gasteiger partial charge in [-0.15, -0.1) is 0 Å². The summed E-state index contributed by atoms with van der Waals surface area (Å²) in [7, 11) is 3.62. The second-order valence-corrected chi connectivity index (χ2v) is 6.57. The summed E-state index contributed by atoms with van der Waals surface area (Å²) >= 11 is 0. The van der Waals surface area contributed by atoms with Crippen molar-refractivity contribution in [2.24, 2.45) is 0 Å². The lowest BCUT2D eigenvalue weighted by molar-refractivity contribution is -0.0891. The molecule has 0 spiro atoms. The number of para-hydroxylation sites is 2. The van der Waals surface area contributed by atoms with Crippen LogP contribution in [-0.2, 0) is 0 Å². The van der Waals surface area contributed by atoms with Gasteiger partial charge in [0.15, 0.2) is 0 Å². The van der Waals surface area contributed by atoms with E-state index < -0.39 is 11.7 Å². The first-order valence-electron chi connectivity index (χ1n) is 9.04. The molecule has 0 atom stereocenters. The number of rotatable bonds is 7. The minimum Gasteiger partial charge on any atom is -0.393 e. The Balaban J connectivity index is 2.31. The minimum atomic E-state index is -4.53. The molecule has 0 saturated carbocycles. The zero-order valence-electron chi connectivity index (χ0n) is 16.3. The number of halogens is 3. The molecule has 0 unspecified atom stereocenters. The molecule has 28 heavy (non-hydrogen) atoms. The third-order valence-electron chi connectivity index (χ3n) is 4.53. The van der Waals surface area contributed by atoms with Crippen molar-refractivity contribution in [3.8, 4) is 0 Å². The van der Waals surface area contributed by atoms with Gasteiger partial charge in [0.25, 0.3) is 0 Å². The number of nitrogens with zero attached hydrogens (tertiary/aromatic N) is 2. The van der Waals surface area contributed by atoms with Crippen molar-refractivity contribution in [2.75, 3.05) is 50.5 Å². The zero-order chi connectivity index (χ0) is 20.7. The average molecular weight is 392 g/mol. The van der Waals surface area contributed by atoms with E-state index >= 15 is 0 Å². The largest absolute Gasteiger partial charge is 0.417 e. The number of anilines is 2. The first-order valence-corrected chi connectivity index (χ1v) is 9.04. The molecule has 1 aliphatic heterocycles. The number of nitrogens with one attached hydrogen (secondary N) is 2. The Kier molecular flexibility index (Phi) is 7.34. The Morgan fingerprint density at radius 2 is 1.79 bits per heavy atom. The van der Waals surface area contributed by atoms with E-state index in [0.717, 1.165) is 49.7 Å². The molecule has 7 heteroatoms. The lowest BCUT2D eigenvalue weighted by atomic mass is 10.0. The van der Waals surface area contributed by atoms with E-state index in [1.165, 1.54) is 6.20 Å². The number of piperazine rings is 1. The van der Waals surface area contributed by atoms with Crippen LogP contribution < -0.4 is 15.5 Å². The molecule has 0 amide bonds. The first-order chi connectivity index (χ1) is 13.3. The molecule has 4 nitrogen and oxygen atoms in total. The van der Waals surface area contributed by atoms with Crippen LogP contribution in [0.1, 0.15) is 0 Å². The number of allylic oxidation sites excluding steroid dienone is 3. The number of hydrogen-bond acceptors (Lipinski definition) is 4. The van der Waals surface area contributed by atoms with E-state index in [-0.39, 0.29) is 11.3 Å². The Labute approximate surface area is 164 Å². The van der Waals surface area contributed by atoms with E-state index in [9.17, 15) is 13.2 Å². The summed E-state index contributed by atoms with van der Waals surface area (Å²) in [5.74, 6) is 0. The van der Waals surface area contributed by atoms with Crippen molar-refractivity contribution < 1.29 is 13.2 Å². The smallest absolute Gasteiger partial charge is 0.393 e. The first kappa shape index (κ1) is 21.6. The highest BCUT2D eigenvalue weighted by Gasteiger charge is 2.36. The van der Waals surface area contributed by atoms with Gasteiger partial charge in [0, 0.05) is 50.7 Å². The van der Waals surface area contributed by atoms with Crippen LogP contribution in [0.25, 0.3) is 0 Å². The van der Waals surface area contributed by atoms with Crippen LogP contribution in [0, 0.1) is 0 Å². The van der Waals surface area contributed by atoms with Gasteiger partial charge >= 0.3 is 6.18 Å². The van der Waals surface area contributed by atoms with Crippen molar-refractivity contribution in [3.05, 3.63) is 72.6 Å². The predicted octanol–water partition coefficient (Wildman–Crippen LogP) is 4.14. The molecule has 152 valence electrons. The van der Waals surface area contributed by atoms with Crippen molar-refractivity contribution in [1.29, 1.82) is 0 Å². The second kappa shape index (κ2) is 9.50. The Morgan fingerprint density at radius 1 is 1.14 bits per heavy atom. The Bertz CT molecular complexity index is 757. The van der Waals surface area contributed by atoms with Crippen molar-refractivity contribution in [2.45, 2.75) is 6.18 Å². The van der Waals surface area contributed by atoms with E-state index in [2.05, 4.69) is 40.6 Å². The molecule has 1 aliphatic rings. The van der Waals surface area contributed by atoms with Crippen LogP contribution in [0.2, 0.25) is 0 Å². The highest BCUT2D eigenvalue weighted by atomic mass is 19.4. The monoisotopic (exact) mass is 392 g/mol. The molecule has 2 rings (SSSR count). The van der Waals surface area contributed by atoms with Gasteiger partial charge in [-0.3, -0.25) is 0 Å². The average Bonchev–Trinajstić information content (AvgIpc) is 2.65. The number of alkyl halides is 3. The maximum Gasteiger partial charge on any atom is 0.417 e. The van der Waals surface area contributed by atoms with Crippen molar-refractivity contribution >= 4 is 11.4 Å².